The van der Waals surface area contributed by atoms with Crippen molar-refractivity contribution in [2.45, 2.75) is 6.54 Å². The van der Waals surface area contributed by atoms with Gasteiger partial charge in [0.1, 0.15) is 10.4 Å². The number of pyridine rings is 2. The SMILES string of the molecule is COc1cc(C(=O)c2cn(Cc3cccc(Br)n3)c3ccccc3c2=O)ccc1Cl. The summed E-state index contributed by atoms with van der Waals surface area (Å²) in [5.74, 6) is -0.0151. The Morgan fingerprint density at radius 3 is 2.70 bits per heavy atom. The Hall–Kier alpha value is -2.96. The number of hydrogen-bond acceptors (Lipinski definition) is 4. The fourth-order valence-corrected chi connectivity index (χ4v) is 3.88. The van der Waals surface area contributed by atoms with E-state index >= 15 is 0 Å². The summed E-state index contributed by atoms with van der Waals surface area (Å²) in [5.41, 5.74) is 1.62. The number of ether oxygens (including phenoxy) is 1. The van der Waals surface area contributed by atoms with E-state index in [0.29, 0.717) is 28.3 Å². The lowest BCUT2D eigenvalue weighted by atomic mass is 10.0. The smallest absolute Gasteiger partial charge is 0.200 e. The average molecular weight is 484 g/mol. The number of halogens is 2. The molecule has 0 N–H and O–H groups in total. The van der Waals surface area contributed by atoms with E-state index < -0.39 is 5.78 Å². The highest BCUT2D eigenvalue weighted by atomic mass is 79.9. The summed E-state index contributed by atoms with van der Waals surface area (Å²) in [6.07, 6.45) is 1.59. The van der Waals surface area contributed by atoms with Crippen LogP contribution in [-0.2, 0) is 6.54 Å². The predicted octanol–water partition coefficient (Wildman–Crippen LogP) is 5.10. The van der Waals surface area contributed by atoms with Crippen molar-refractivity contribution in [3.63, 3.8) is 0 Å². The van der Waals surface area contributed by atoms with Gasteiger partial charge in [-0.15, -0.1) is 0 Å². The number of hydrogen-bond donors (Lipinski definition) is 0. The fourth-order valence-electron chi connectivity index (χ4n) is 3.31. The molecule has 0 radical (unpaired) electrons. The molecule has 0 saturated carbocycles. The van der Waals surface area contributed by atoms with Gasteiger partial charge in [-0.2, -0.15) is 0 Å². The lowest BCUT2D eigenvalue weighted by Crippen LogP contribution is -2.20. The number of aromatic nitrogens is 2. The van der Waals surface area contributed by atoms with Gasteiger partial charge in [-0.25, -0.2) is 4.98 Å². The van der Waals surface area contributed by atoms with E-state index in [1.54, 1.807) is 36.5 Å². The summed E-state index contributed by atoms with van der Waals surface area (Å²) in [7, 11) is 1.48. The van der Waals surface area contributed by atoms with Gasteiger partial charge in [0.15, 0.2) is 5.78 Å². The summed E-state index contributed by atoms with van der Waals surface area (Å²) in [6, 6.07) is 17.6. The normalized spacial score (nSPS) is 10.9. The maximum absolute atomic E-state index is 13.2. The van der Waals surface area contributed by atoms with Crippen LogP contribution < -0.4 is 10.2 Å². The van der Waals surface area contributed by atoms with Crippen LogP contribution in [0.1, 0.15) is 21.6 Å². The molecule has 0 amide bonds. The van der Waals surface area contributed by atoms with Crippen molar-refractivity contribution >= 4 is 44.2 Å². The Morgan fingerprint density at radius 2 is 1.93 bits per heavy atom. The number of nitrogens with zero attached hydrogens (tertiary/aromatic N) is 2. The number of ketones is 1. The predicted molar refractivity (Wildman–Crippen MR) is 121 cm³/mol. The van der Waals surface area contributed by atoms with Crippen LogP contribution in [0.2, 0.25) is 5.02 Å². The molecule has 2 aromatic heterocycles. The molecular weight excluding hydrogens is 468 g/mol. The Balaban J connectivity index is 1.87. The molecular formula is C23H16BrClN2O3. The monoisotopic (exact) mass is 482 g/mol. The van der Waals surface area contributed by atoms with Gasteiger partial charge in [0.2, 0.25) is 5.43 Å². The second-order valence-corrected chi connectivity index (χ2v) is 7.87. The number of benzene rings is 2. The third-order valence-electron chi connectivity index (χ3n) is 4.75. The molecule has 4 aromatic rings. The van der Waals surface area contributed by atoms with Gasteiger partial charge in [-0.1, -0.05) is 29.8 Å². The Bertz CT molecular complexity index is 1330. The fraction of sp³-hybridized carbons (Fsp3) is 0.0870. The van der Waals surface area contributed by atoms with Crippen LogP contribution in [0, 0.1) is 0 Å². The molecule has 150 valence electrons. The molecule has 0 spiro atoms. The second kappa shape index (κ2) is 8.42. The average Bonchev–Trinajstić information content (AvgIpc) is 2.76. The standard InChI is InChI=1S/C23H16BrClN2O3/c1-30-20-11-14(9-10-18(20)25)22(28)17-13-27(12-15-5-4-8-21(24)26-15)19-7-3-2-6-16(19)23(17)29/h2-11,13H,12H2,1H3. The Morgan fingerprint density at radius 1 is 1.13 bits per heavy atom. The zero-order valence-electron chi connectivity index (χ0n) is 15.9. The van der Waals surface area contributed by atoms with Crippen molar-refractivity contribution in [2.24, 2.45) is 0 Å². The van der Waals surface area contributed by atoms with E-state index in [0.717, 1.165) is 15.8 Å². The number of carbonyl (C=O) groups is 1. The molecule has 2 aromatic carbocycles. The molecule has 30 heavy (non-hydrogen) atoms. The molecule has 0 unspecified atom stereocenters. The lowest BCUT2D eigenvalue weighted by Gasteiger charge is -2.13. The van der Waals surface area contributed by atoms with E-state index in [1.807, 2.05) is 34.9 Å². The maximum atomic E-state index is 13.2. The van der Waals surface area contributed by atoms with E-state index in [9.17, 15) is 9.59 Å². The first kappa shape index (κ1) is 20.3. The van der Waals surface area contributed by atoms with Crippen molar-refractivity contribution in [2.75, 3.05) is 7.11 Å². The van der Waals surface area contributed by atoms with Gasteiger partial charge in [0.05, 0.1) is 35.5 Å². The molecule has 2 heterocycles. The minimum absolute atomic E-state index is 0.0769. The molecule has 0 bridgehead atoms. The number of carbonyl (C=O) groups excluding carboxylic acids is 1. The largest absolute Gasteiger partial charge is 0.495 e. The Labute approximate surface area is 186 Å². The molecule has 0 aliphatic rings. The molecule has 0 aliphatic carbocycles. The van der Waals surface area contributed by atoms with Crippen molar-refractivity contribution < 1.29 is 9.53 Å². The molecule has 5 nitrogen and oxygen atoms in total. The highest BCUT2D eigenvalue weighted by Crippen LogP contribution is 2.26. The highest BCUT2D eigenvalue weighted by Gasteiger charge is 2.18. The third kappa shape index (κ3) is 3.88. The summed E-state index contributed by atoms with van der Waals surface area (Å²) >= 11 is 9.45. The van der Waals surface area contributed by atoms with E-state index in [-0.39, 0.29) is 11.0 Å². The van der Waals surface area contributed by atoms with Gasteiger partial charge in [-0.05, 0) is 58.4 Å². The van der Waals surface area contributed by atoms with Crippen LogP contribution in [0.3, 0.4) is 0 Å². The van der Waals surface area contributed by atoms with Gasteiger partial charge >= 0.3 is 0 Å². The molecule has 0 atom stereocenters. The first-order chi connectivity index (χ1) is 14.5. The summed E-state index contributed by atoms with van der Waals surface area (Å²) in [4.78, 5) is 30.8. The van der Waals surface area contributed by atoms with Gasteiger partial charge in [0.25, 0.3) is 0 Å². The lowest BCUT2D eigenvalue weighted by molar-refractivity contribution is 0.103. The first-order valence-corrected chi connectivity index (χ1v) is 10.3. The van der Waals surface area contributed by atoms with Crippen molar-refractivity contribution in [3.05, 3.63) is 104 Å². The first-order valence-electron chi connectivity index (χ1n) is 9.10. The number of rotatable bonds is 5. The van der Waals surface area contributed by atoms with Crippen LogP contribution in [0.5, 0.6) is 5.75 Å². The van der Waals surface area contributed by atoms with Gasteiger partial charge < -0.3 is 9.30 Å². The van der Waals surface area contributed by atoms with Gasteiger partial charge in [-0.3, -0.25) is 9.59 Å². The van der Waals surface area contributed by atoms with E-state index in [1.165, 1.54) is 7.11 Å². The summed E-state index contributed by atoms with van der Waals surface area (Å²) < 4.78 is 7.79. The van der Waals surface area contributed by atoms with Gasteiger partial charge in [0, 0.05) is 17.1 Å². The molecule has 4 rings (SSSR count). The number of methoxy groups -OCH3 is 1. The van der Waals surface area contributed by atoms with Crippen molar-refractivity contribution in [1.82, 2.24) is 9.55 Å². The molecule has 0 aliphatic heterocycles. The van der Waals surface area contributed by atoms with E-state index in [2.05, 4.69) is 20.9 Å². The quantitative estimate of drug-likeness (QED) is 0.293. The summed E-state index contributed by atoms with van der Waals surface area (Å²) in [5, 5.41) is 0.866. The third-order valence-corrected chi connectivity index (χ3v) is 5.50. The van der Waals surface area contributed by atoms with Crippen LogP contribution >= 0.6 is 27.5 Å². The topological polar surface area (TPSA) is 61.2 Å². The summed E-state index contributed by atoms with van der Waals surface area (Å²) in [6.45, 7) is 0.407. The van der Waals surface area contributed by atoms with Crippen LogP contribution in [0.4, 0.5) is 0 Å². The van der Waals surface area contributed by atoms with Crippen molar-refractivity contribution in [1.29, 1.82) is 0 Å². The highest BCUT2D eigenvalue weighted by molar-refractivity contribution is 9.10. The maximum Gasteiger partial charge on any atom is 0.200 e. The zero-order valence-corrected chi connectivity index (χ0v) is 18.3. The molecule has 0 saturated heterocycles. The van der Waals surface area contributed by atoms with Crippen molar-refractivity contribution in [3.8, 4) is 5.75 Å². The Kier molecular flexibility index (Phi) is 5.70. The van der Waals surface area contributed by atoms with Crippen LogP contribution in [0.15, 0.2) is 76.3 Å². The van der Waals surface area contributed by atoms with Crippen LogP contribution in [0.25, 0.3) is 10.9 Å². The number of fused-ring (bicyclic) bond motifs is 1. The minimum atomic E-state index is -0.392. The molecule has 7 heteroatoms. The minimum Gasteiger partial charge on any atom is -0.495 e. The zero-order chi connectivity index (χ0) is 21.3. The second-order valence-electron chi connectivity index (χ2n) is 6.65. The van der Waals surface area contributed by atoms with E-state index in [4.69, 9.17) is 16.3 Å². The van der Waals surface area contributed by atoms with Crippen LogP contribution in [-0.4, -0.2) is 22.4 Å². The number of para-hydroxylation sites is 1. The molecule has 0 fully saturated rings.